The van der Waals surface area contributed by atoms with E-state index in [9.17, 15) is 19.6 Å². The van der Waals surface area contributed by atoms with Gasteiger partial charge in [0.15, 0.2) is 0 Å². The van der Waals surface area contributed by atoms with Gasteiger partial charge in [-0.05, 0) is 13.3 Å². The lowest BCUT2D eigenvalue weighted by atomic mass is 10.0. The van der Waals surface area contributed by atoms with Crippen LogP contribution in [0.25, 0.3) is 0 Å². The number of pyridine rings is 1. The third-order valence-electron chi connectivity index (χ3n) is 3.25. The quantitative estimate of drug-likeness (QED) is 0.268. The number of aromatic hydroxyl groups is 1. The summed E-state index contributed by atoms with van der Waals surface area (Å²) >= 11 is 0. The number of carboxylic acids is 1. The van der Waals surface area contributed by atoms with Gasteiger partial charge in [0.1, 0.15) is 18.0 Å². The van der Waals surface area contributed by atoms with Crippen LogP contribution in [-0.2, 0) is 20.5 Å². The highest BCUT2D eigenvalue weighted by Gasteiger charge is 2.26. The zero-order valence-electron chi connectivity index (χ0n) is 13.2. The van der Waals surface area contributed by atoms with Gasteiger partial charge in [-0.25, -0.2) is 4.57 Å². The van der Waals surface area contributed by atoms with E-state index in [4.69, 9.17) is 14.9 Å². The lowest BCUT2D eigenvalue weighted by Crippen LogP contribution is -2.39. The van der Waals surface area contributed by atoms with Gasteiger partial charge in [-0.2, -0.15) is 0 Å². The first-order valence-corrected chi connectivity index (χ1v) is 8.64. The molecule has 0 fully saturated rings. The second kappa shape index (κ2) is 8.52. The van der Waals surface area contributed by atoms with Gasteiger partial charge < -0.3 is 25.1 Å². The third-order valence-corrected chi connectivity index (χ3v) is 3.72. The van der Waals surface area contributed by atoms with Gasteiger partial charge in [0.25, 0.3) is 0 Å². The van der Waals surface area contributed by atoms with Gasteiger partial charge in [-0.1, -0.05) is 13.3 Å². The molecule has 0 amide bonds. The summed E-state index contributed by atoms with van der Waals surface area (Å²) in [7, 11) is -4.77. The fraction of sp³-hybridized carbons (Fsp3) is 0.538. The third kappa shape index (κ3) is 5.82. The number of nitrogens with one attached hydrogen (secondary N) is 1. The number of carbonyl (C=O) groups is 1. The normalized spacial score (nSPS) is 14.4. The molecule has 1 rings (SSSR count). The van der Waals surface area contributed by atoms with E-state index in [1.807, 2.05) is 0 Å². The van der Waals surface area contributed by atoms with Crippen LogP contribution in [0, 0.1) is 6.92 Å². The molecule has 6 N–H and O–H groups in total. The number of aromatic nitrogens is 1. The van der Waals surface area contributed by atoms with Crippen LogP contribution in [0.15, 0.2) is 6.20 Å². The van der Waals surface area contributed by atoms with Crippen LogP contribution in [0.3, 0.4) is 0 Å². The fourth-order valence-corrected chi connectivity index (χ4v) is 2.37. The molecule has 2 unspecified atom stereocenters. The molecule has 1 heterocycles. The van der Waals surface area contributed by atoms with Crippen LogP contribution in [0.1, 0.15) is 42.8 Å². The van der Waals surface area contributed by atoms with E-state index in [2.05, 4.69) is 14.8 Å². The van der Waals surface area contributed by atoms with Crippen molar-refractivity contribution in [2.24, 2.45) is 0 Å². The summed E-state index contributed by atoms with van der Waals surface area (Å²) in [6.07, 6.45) is 0.382. The minimum Gasteiger partial charge on any atom is -0.506 e. The molecule has 11 heteroatoms. The van der Waals surface area contributed by atoms with E-state index in [-0.39, 0.29) is 23.2 Å². The van der Waals surface area contributed by atoms with Crippen molar-refractivity contribution < 1.29 is 39.0 Å². The lowest BCUT2D eigenvalue weighted by Gasteiger charge is -2.22. The van der Waals surface area contributed by atoms with Crippen molar-refractivity contribution in [3.8, 4) is 5.75 Å². The SMILES string of the molecule is CCCC(NC(O)c1c(COP(=O)(O)O)cnc(C)c1O)C(=O)O. The predicted molar refractivity (Wildman–Crippen MR) is 81.9 cm³/mol. The number of hydrogen-bond donors (Lipinski definition) is 6. The van der Waals surface area contributed by atoms with Crippen LogP contribution in [0.2, 0.25) is 0 Å². The van der Waals surface area contributed by atoms with Gasteiger partial charge in [0.05, 0.1) is 12.3 Å². The summed E-state index contributed by atoms with van der Waals surface area (Å²) in [5.74, 6) is -1.59. The standard InChI is InChI=1S/C13H21N2O8P/c1-3-4-9(13(18)19)15-12(17)10-8(6-23-24(20,21)22)5-14-7(2)11(10)16/h5,9,12,15-17H,3-4,6H2,1-2H3,(H,18,19)(H2,20,21,22). The van der Waals surface area contributed by atoms with E-state index >= 15 is 0 Å². The number of aliphatic hydroxyl groups is 1. The number of carboxylic acid groups (broad SMARTS) is 1. The van der Waals surface area contributed by atoms with Crippen molar-refractivity contribution in [1.82, 2.24) is 10.3 Å². The van der Waals surface area contributed by atoms with Crippen molar-refractivity contribution in [2.45, 2.75) is 45.6 Å². The molecule has 2 atom stereocenters. The smallest absolute Gasteiger partial charge is 0.469 e. The Morgan fingerprint density at radius 1 is 1.46 bits per heavy atom. The van der Waals surface area contributed by atoms with Gasteiger partial charge in [-0.15, -0.1) is 0 Å². The predicted octanol–water partition coefficient (Wildman–Crippen LogP) is 0.539. The van der Waals surface area contributed by atoms with Crippen molar-refractivity contribution in [1.29, 1.82) is 0 Å². The van der Waals surface area contributed by atoms with E-state index in [1.54, 1.807) is 6.92 Å². The second-order valence-corrected chi connectivity index (χ2v) is 6.38. The average molecular weight is 364 g/mol. The average Bonchev–Trinajstić information content (AvgIpc) is 2.46. The Labute approximate surface area is 138 Å². The highest BCUT2D eigenvalue weighted by Crippen LogP contribution is 2.38. The molecular weight excluding hydrogens is 343 g/mol. The van der Waals surface area contributed by atoms with E-state index in [0.29, 0.717) is 6.42 Å². The molecule has 0 saturated heterocycles. The van der Waals surface area contributed by atoms with Crippen molar-refractivity contribution in [3.05, 3.63) is 23.0 Å². The van der Waals surface area contributed by atoms with Crippen LogP contribution in [0.4, 0.5) is 0 Å². The summed E-state index contributed by atoms with van der Waals surface area (Å²) in [6.45, 7) is 2.61. The van der Waals surface area contributed by atoms with E-state index in [0.717, 1.165) is 0 Å². The second-order valence-electron chi connectivity index (χ2n) is 5.14. The van der Waals surface area contributed by atoms with Crippen LogP contribution in [0.5, 0.6) is 5.75 Å². The molecule has 0 aliphatic rings. The van der Waals surface area contributed by atoms with E-state index < -0.39 is 38.4 Å². The molecule has 10 nitrogen and oxygen atoms in total. The number of hydrogen-bond acceptors (Lipinski definition) is 7. The van der Waals surface area contributed by atoms with Crippen LogP contribution in [-0.4, -0.2) is 42.1 Å². The molecule has 24 heavy (non-hydrogen) atoms. The summed E-state index contributed by atoms with van der Waals surface area (Å²) in [6, 6.07) is -1.06. The lowest BCUT2D eigenvalue weighted by molar-refractivity contribution is -0.140. The molecule has 0 aromatic carbocycles. The Hall–Kier alpha value is -1.55. The first-order valence-electron chi connectivity index (χ1n) is 7.11. The molecule has 1 aromatic heterocycles. The number of nitrogens with zero attached hydrogens (tertiary/aromatic N) is 1. The molecule has 0 aliphatic heterocycles. The Kier molecular flexibility index (Phi) is 7.27. The molecule has 0 bridgehead atoms. The Bertz CT molecular complexity index is 633. The zero-order valence-corrected chi connectivity index (χ0v) is 14.1. The maximum absolute atomic E-state index is 11.2. The molecular formula is C13H21N2O8P. The number of phosphoric ester groups is 1. The minimum atomic E-state index is -4.77. The summed E-state index contributed by atoms with van der Waals surface area (Å²) < 4.78 is 15.2. The highest BCUT2D eigenvalue weighted by molar-refractivity contribution is 7.46. The molecule has 0 saturated carbocycles. The monoisotopic (exact) mass is 364 g/mol. The van der Waals surface area contributed by atoms with Gasteiger partial charge >= 0.3 is 13.8 Å². The Balaban J connectivity index is 3.12. The maximum atomic E-state index is 11.2. The first-order chi connectivity index (χ1) is 11.1. The van der Waals surface area contributed by atoms with Gasteiger partial charge in [0, 0.05) is 17.3 Å². The van der Waals surface area contributed by atoms with E-state index in [1.165, 1.54) is 13.1 Å². The minimum absolute atomic E-state index is 0.0158. The number of phosphoric acid groups is 1. The molecule has 0 spiro atoms. The summed E-state index contributed by atoms with van der Waals surface area (Å²) in [4.78, 5) is 32.6. The number of aliphatic carboxylic acids is 1. The summed E-state index contributed by atoms with van der Waals surface area (Å²) in [5, 5.41) is 32.0. The largest absolute Gasteiger partial charge is 0.506 e. The molecule has 0 aliphatic carbocycles. The highest BCUT2D eigenvalue weighted by atomic mass is 31.2. The van der Waals surface area contributed by atoms with Crippen molar-refractivity contribution in [2.75, 3.05) is 0 Å². The van der Waals surface area contributed by atoms with Gasteiger partial charge in [0.2, 0.25) is 0 Å². The molecule has 136 valence electrons. The fourth-order valence-electron chi connectivity index (χ4n) is 2.07. The first kappa shape index (κ1) is 20.5. The van der Waals surface area contributed by atoms with Gasteiger partial charge in [-0.3, -0.25) is 19.6 Å². The van der Waals surface area contributed by atoms with Crippen LogP contribution >= 0.6 is 7.82 Å². The zero-order chi connectivity index (χ0) is 18.5. The van der Waals surface area contributed by atoms with Crippen molar-refractivity contribution >= 4 is 13.8 Å². The van der Waals surface area contributed by atoms with Crippen molar-refractivity contribution in [3.63, 3.8) is 0 Å². The number of aliphatic hydroxyl groups excluding tert-OH is 1. The molecule has 1 aromatic rings. The maximum Gasteiger partial charge on any atom is 0.469 e. The molecule has 0 radical (unpaired) electrons. The Morgan fingerprint density at radius 2 is 2.08 bits per heavy atom. The summed E-state index contributed by atoms with van der Waals surface area (Å²) in [5.41, 5.74) is 0.0357. The number of rotatable bonds is 9. The topological polar surface area (TPSA) is 169 Å². The van der Waals surface area contributed by atoms with Crippen LogP contribution < -0.4 is 5.32 Å². The number of aryl methyl sites for hydroxylation is 1. The Morgan fingerprint density at radius 3 is 2.58 bits per heavy atom.